The van der Waals surface area contributed by atoms with Crippen LogP contribution in [0.1, 0.15) is 65.2 Å². The molecule has 2 nitrogen and oxygen atoms in total. The molecule has 0 saturated heterocycles. The number of aliphatic hydroxyl groups excluding tert-OH is 1. The normalized spacial score (nSPS) is 27.0. The Balaban J connectivity index is 2.12. The van der Waals surface area contributed by atoms with E-state index < -0.39 is 0 Å². The molecule has 0 aromatic heterocycles. The zero-order valence-electron chi connectivity index (χ0n) is 11.8. The largest absolute Gasteiger partial charge is 0.393 e. The minimum atomic E-state index is -0.0491. The molecule has 0 spiro atoms. The van der Waals surface area contributed by atoms with Gasteiger partial charge in [0.15, 0.2) is 0 Å². The second kappa shape index (κ2) is 8.93. The molecule has 3 atom stereocenters. The van der Waals surface area contributed by atoms with Crippen LogP contribution in [0.5, 0.6) is 0 Å². The third kappa shape index (κ3) is 5.87. The topological polar surface area (TPSA) is 32.3 Å². The van der Waals surface area contributed by atoms with E-state index in [1.165, 1.54) is 44.9 Å². The zero-order valence-corrected chi connectivity index (χ0v) is 11.8. The maximum Gasteiger partial charge on any atom is 0.0580 e. The minimum absolute atomic E-state index is 0.0491. The molecule has 0 amide bonds. The molecule has 1 fully saturated rings. The van der Waals surface area contributed by atoms with E-state index in [1.807, 2.05) is 0 Å². The lowest BCUT2D eigenvalue weighted by atomic mass is 9.86. The average molecular weight is 241 g/mol. The van der Waals surface area contributed by atoms with Crippen LogP contribution in [0.2, 0.25) is 0 Å². The Labute approximate surface area is 107 Å². The molecule has 0 bridgehead atoms. The van der Waals surface area contributed by atoms with E-state index in [9.17, 15) is 5.11 Å². The summed E-state index contributed by atoms with van der Waals surface area (Å²) in [6.07, 6.45) is 9.98. The predicted octanol–water partition coefficient (Wildman–Crippen LogP) is 3.34. The Bertz CT molecular complexity index is 184. The first-order valence-corrected chi connectivity index (χ1v) is 7.66. The van der Waals surface area contributed by atoms with Gasteiger partial charge in [-0.3, -0.25) is 0 Å². The predicted molar refractivity (Wildman–Crippen MR) is 74.1 cm³/mol. The van der Waals surface area contributed by atoms with Crippen LogP contribution in [0.3, 0.4) is 0 Å². The van der Waals surface area contributed by atoms with Gasteiger partial charge in [0.2, 0.25) is 0 Å². The average Bonchev–Trinajstić information content (AvgIpc) is 2.35. The smallest absolute Gasteiger partial charge is 0.0580 e. The summed E-state index contributed by atoms with van der Waals surface area (Å²) in [5.41, 5.74) is 0. The Kier molecular flexibility index (Phi) is 7.87. The van der Waals surface area contributed by atoms with Crippen LogP contribution >= 0.6 is 0 Å². The van der Waals surface area contributed by atoms with Crippen molar-refractivity contribution in [3.63, 3.8) is 0 Å². The number of aliphatic hydroxyl groups is 1. The highest BCUT2D eigenvalue weighted by Gasteiger charge is 2.22. The van der Waals surface area contributed by atoms with E-state index in [0.29, 0.717) is 5.92 Å². The van der Waals surface area contributed by atoms with Crippen molar-refractivity contribution in [2.24, 2.45) is 11.8 Å². The lowest BCUT2D eigenvalue weighted by molar-refractivity contribution is 0.0690. The summed E-state index contributed by atoms with van der Waals surface area (Å²) in [4.78, 5) is 0. The van der Waals surface area contributed by atoms with Crippen molar-refractivity contribution in [2.45, 2.75) is 71.3 Å². The molecule has 0 radical (unpaired) electrons. The first-order valence-electron chi connectivity index (χ1n) is 7.66. The van der Waals surface area contributed by atoms with Gasteiger partial charge in [-0.1, -0.05) is 46.0 Å². The van der Waals surface area contributed by atoms with Crippen molar-refractivity contribution in [1.82, 2.24) is 5.32 Å². The Hall–Kier alpha value is -0.0800. The second-order valence-corrected chi connectivity index (χ2v) is 5.69. The fraction of sp³-hybridized carbons (Fsp3) is 1.00. The van der Waals surface area contributed by atoms with Gasteiger partial charge in [0, 0.05) is 6.54 Å². The van der Waals surface area contributed by atoms with Gasteiger partial charge in [0.25, 0.3) is 0 Å². The quantitative estimate of drug-likeness (QED) is 0.683. The van der Waals surface area contributed by atoms with Crippen LogP contribution in [0, 0.1) is 11.8 Å². The summed E-state index contributed by atoms with van der Waals surface area (Å²) < 4.78 is 0. The summed E-state index contributed by atoms with van der Waals surface area (Å²) in [6, 6.07) is 0. The van der Waals surface area contributed by atoms with Crippen molar-refractivity contribution < 1.29 is 5.11 Å². The van der Waals surface area contributed by atoms with E-state index >= 15 is 0 Å². The minimum Gasteiger partial charge on any atom is -0.393 e. The zero-order chi connectivity index (χ0) is 12.5. The van der Waals surface area contributed by atoms with Crippen molar-refractivity contribution in [2.75, 3.05) is 13.1 Å². The van der Waals surface area contributed by atoms with Crippen molar-refractivity contribution in [3.8, 4) is 0 Å². The standard InChI is InChI=1S/C15H31NO/c1-3-5-8-13(4-2)11-16-12-14-9-6-7-10-15(14)17/h13-17H,3-12H2,1-2H3. The lowest BCUT2D eigenvalue weighted by Gasteiger charge is -2.28. The molecular weight excluding hydrogens is 210 g/mol. The number of nitrogens with one attached hydrogen (secondary N) is 1. The maximum absolute atomic E-state index is 9.89. The molecular formula is C15H31NO. The van der Waals surface area contributed by atoms with Gasteiger partial charge in [0.1, 0.15) is 0 Å². The van der Waals surface area contributed by atoms with E-state index in [2.05, 4.69) is 19.2 Å². The molecule has 2 heteroatoms. The summed E-state index contributed by atoms with van der Waals surface area (Å²) in [5, 5.41) is 13.5. The van der Waals surface area contributed by atoms with Crippen LogP contribution in [0.25, 0.3) is 0 Å². The van der Waals surface area contributed by atoms with Crippen LogP contribution in [0.15, 0.2) is 0 Å². The summed E-state index contributed by atoms with van der Waals surface area (Å²) in [6.45, 7) is 6.71. The highest BCUT2D eigenvalue weighted by molar-refractivity contribution is 4.76. The van der Waals surface area contributed by atoms with E-state index in [4.69, 9.17) is 0 Å². The van der Waals surface area contributed by atoms with E-state index in [-0.39, 0.29) is 6.10 Å². The van der Waals surface area contributed by atoms with Gasteiger partial charge in [-0.2, -0.15) is 0 Å². The van der Waals surface area contributed by atoms with Crippen molar-refractivity contribution >= 4 is 0 Å². The summed E-state index contributed by atoms with van der Waals surface area (Å²) in [7, 11) is 0. The highest BCUT2D eigenvalue weighted by atomic mass is 16.3. The first kappa shape index (κ1) is 15.0. The molecule has 0 aromatic carbocycles. The molecule has 17 heavy (non-hydrogen) atoms. The van der Waals surface area contributed by atoms with Crippen LogP contribution in [0.4, 0.5) is 0 Å². The monoisotopic (exact) mass is 241 g/mol. The van der Waals surface area contributed by atoms with Gasteiger partial charge in [-0.25, -0.2) is 0 Å². The summed E-state index contributed by atoms with van der Waals surface area (Å²) in [5.74, 6) is 1.34. The fourth-order valence-corrected chi connectivity index (χ4v) is 2.84. The molecule has 1 aliphatic carbocycles. The van der Waals surface area contributed by atoms with E-state index in [0.717, 1.165) is 25.4 Å². The number of hydrogen-bond acceptors (Lipinski definition) is 2. The first-order chi connectivity index (χ1) is 8.27. The SMILES string of the molecule is CCCCC(CC)CNCC1CCCCC1O. The third-order valence-electron chi connectivity index (χ3n) is 4.25. The maximum atomic E-state index is 9.89. The van der Waals surface area contributed by atoms with Gasteiger partial charge in [-0.05, 0) is 37.6 Å². The molecule has 102 valence electrons. The lowest BCUT2D eigenvalue weighted by Crippen LogP contribution is -2.35. The van der Waals surface area contributed by atoms with Gasteiger partial charge < -0.3 is 10.4 Å². The number of unbranched alkanes of at least 4 members (excludes halogenated alkanes) is 1. The molecule has 1 aliphatic rings. The van der Waals surface area contributed by atoms with E-state index in [1.54, 1.807) is 0 Å². The molecule has 2 N–H and O–H groups in total. The molecule has 0 aliphatic heterocycles. The molecule has 1 saturated carbocycles. The Morgan fingerprint density at radius 2 is 2.00 bits per heavy atom. The number of hydrogen-bond donors (Lipinski definition) is 2. The Morgan fingerprint density at radius 3 is 2.65 bits per heavy atom. The van der Waals surface area contributed by atoms with Gasteiger partial charge >= 0.3 is 0 Å². The van der Waals surface area contributed by atoms with Crippen LogP contribution < -0.4 is 5.32 Å². The van der Waals surface area contributed by atoms with Crippen molar-refractivity contribution in [1.29, 1.82) is 0 Å². The molecule has 1 rings (SSSR count). The molecule has 0 heterocycles. The third-order valence-corrected chi connectivity index (χ3v) is 4.25. The fourth-order valence-electron chi connectivity index (χ4n) is 2.84. The van der Waals surface area contributed by atoms with Crippen LogP contribution in [-0.2, 0) is 0 Å². The van der Waals surface area contributed by atoms with Gasteiger partial charge in [0.05, 0.1) is 6.10 Å². The molecule has 3 unspecified atom stereocenters. The highest BCUT2D eigenvalue weighted by Crippen LogP contribution is 2.23. The molecule has 0 aromatic rings. The second-order valence-electron chi connectivity index (χ2n) is 5.69. The Morgan fingerprint density at radius 1 is 1.24 bits per heavy atom. The number of rotatable bonds is 8. The van der Waals surface area contributed by atoms with Gasteiger partial charge in [-0.15, -0.1) is 0 Å². The van der Waals surface area contributed by atoms with Crippen molar-refractivity contribution in [3.05, 3.63) is 0 Å². The van der Waals surface area contributed by atoms with Crippen LogP contribution in [-0.4, -0.2) is 24.3 Å². The summed E-state index contributed by atoms with van der Waals surface area (Å²) >= 11 is 0.